The summed E-state index contributed by atoms with van der Waals surface area (Å²) in [7, 11) is 3.79. The zero-order chi connectivity index (χ0) is 32.7. The molecular formula is C35H37ClN6O5. The summed E-state index contributed by atoms with van der Waals surface area (Å²) in [6, 6.07) is 16.2. The van der Waals surface area contributed by atoms with Gasteiger partial charge in [0.05, 0.1) is 42.1 Å². The third kappa shape index (κ3) is 5.86. The summed E-state index contributed by atoms with van der Waals surface area (Å²) in [5, 5.41) is 22.8. The van der Waals surface area contributed by atoms with E-state index in [-0.39, 0.29) is 31.1 Å². The number of ether oxygens (including phenoxy) is 3. The molecule has 0 aliphatic carbocycles. The number of anilines is 1. The Hall–Kier alpha value is -4.37. The van der Waals surface area contributed by atoms with Crippen LogP contribution in [0.4, 0.5) is 10.6 Å². The number of nitriles is 1. The van der Waals surface area contributed by atoms with E-state index in [1.807, 2.05) is 23.1 Å². The lowest BCUT2D eigenvalue weighted by Crippen LogP contribution is -2.55. The Bertz CT molecular complexity index is 1880. The number of carboxylic acid groups (broad SMARTS) is 1. The van der Waals surface area contributed by atoms with Gasteiger partial charge in [-0.1, -0.05) is 41.9 Å². The van der Waals surface area contributed by atoms with Gasteiger partial charge >= 0.3 is 12.1 Å². The fraction of sp³-hybridized carbons (Fsp3) is 0.429. The minimum absolute atomic E-state index is 0.0739. The molecule has 1 N–H and O–H groups in total. The molecule has 0 radical (unpaired) electrons. The SMILES string of the molecule is CO[C@@H]1C[C@H](COc2nc(N3CCN(C(=O)O)[C@@H](CC#N)C3)c3c4c(c(-c5cccc6cccc(Cl)c56)cc3n2)CCCO4)N(C)C1. The minimum atomic E-state index is -1.03. The lowest BCUT2D eigenvalue weighted by Gasteiger charge is -2.40. The zero-order valence-electron chi connectivity index (χ0n) is 26.5. The lowest BCUT2D eigenvalue weighted by atomic mass is 9.89. The second-order valence-electron chi connectivity index (χ2n) is 12.5. The van der Waals surface area contributed by atoms with Crippen molar-refractivity contribution in [2.24, 2.45) is 0 Å². The molecule has 3 atom stereocenters. The van der Waals surface area contributed by atoms with E-state index in [1.165, 1.54) is 4.90 Å². The zero-order valence-corrected chi connectivity index (χ0v) is 27.2. The predicted octanol–water partition coefficient (Wildman–Crippen LogP) is 5.61. The molecule has 244 valence electrons. The van der Waals surface area contributed by atoms with E-state index >= 15 is 0 Å². The van der Waals surface area contributed by atoms with Gasteiger partial charge in [0.2, 0.25) is 0 Å². The largest absolute Gasteiger partial charge is 0.492 e. The molecular weight excluding hydrogens is 620 g/mol. The van der Waals surface area contributed by atoms with Crippen LogP contribution in [-0.4, -0.2) is 103 Å². The Kier molecular flexibility index (Phi) is 8.66. The number of carbonyl (C=O) groups is 1. The lowest BCUT2D eigenvalue weighted by molar-refractivity contribution is 0.111. The molecule has 12 heteroatoms. The molecule has 47 heavy (non-hydrogen) atoms. The number of halogens is 1. The number of nitrogens with zero attached hydrogens (tertiary/aromatic N) is 6. The highest BCUT2D eigenvalue weighted by molar-refractivity contribution is 6.36. The first-order chi connectivity index (χ1) is 22.9. The first kappa shape index (κ1) is 31.2. The van der Waals surface area contributed by atoms with Gasteiger partial charge in [-0.25, -0.2) is 4.79 Å². The molecule has 4 aromatic rings. The summed E-state index contributed by atoms with van der Waals surface area (Å²) in [5.41, 5.74) is 3.72. The van der Waals surface area contributed by atoms with Gasteiger partial charge in [0.25, 0.3) is 0 Å². The predicted molar refractivity (Wildman–Crippen MR) is 180 cm³/mol. The second-order valence-corrected chi connectivity index (χ2v) is 12.9. The van der Waals surface area contributed by atoms with E-state index in [1.54, 1.807) is 7.11 Å². The number of rotatable bonds is 7. The molecule has 2 saturated heterocycles. The summed E-state index contributed by atoms with van der Waals surface area (Å²) in [4.78, 5) is 27.6. The van der Waals surface area contributed by atoms with Gasteiger partial charge in [0, 0.05) is 55.3 Å². The summed E-state index contributed by atoms with van der Waals surface area (Å²) in [6.45, 7) is 2.71. The molecule has 3 aliphatic heterocycles. The van der Waals surface area contributed by atoms with Crippen LogP contribution in [0.2, 0.25) is 5.02 Å². The van der Waals surface area contributed by atoms with Crippen molar-refractivity contribution >= 4 is 45.2 Å². The number of amides is 1. The van der Waals surface area contributed by atoms with Crippen LogP contribution >= 0.6 is 11.6 Å². The Morgan fingerprint density at radius 2 is 1.96 bits per heavy atom. The first-order valence-electron chi connectivity index (χ1n) is 16.0. The van der Waals surface area contributed by atoms with Crippen LogP contribution in [0.1, 0.15) is 24.8 Å². The van der Waals surface area contributed by atoms with Crippen molar-refractivity contribution in [3.63, 3.8) is 0 Å². The van der Waals surface area contributed by atoms with Gasteiger partial charge in [0.1, 0.15) is 18.2 Å². The highest BCUT2D eigenvalue weighted by Crippen LogP contribution is 2.46. The molecule has 7 rings (SSSR count). The summed E-state index contributed by atoms with van der Waals surface area (Å²) in [6.07, 6.45) is 1.69. The molecule has 3 aliphatic rings. The molecule has 11 nitrogen and oxygen atoms in total. The number of hydrogen-bond donors (Lipinski definition) is 1. The summed E-state index contributed by atoms with van der Waals surface area (Å²) < 4.78 is 18.4. The van der Waals surface area contributed by atoms with Crippen LogP contribution < -0.4 is 14.4 Å². The van der Waals surface area contributed by atoms with E-state index < -0.39 is 12.1 Å². The second kappa shape index (κ2) is 13.0. The number of methoxy groups -OCH3 is 1. The van der Waals surface area contributed by atoms with Crippen molar-refractivity contribution in [2.45, 2.75) is 43.9 Å². The number of benzene rings is 3. The Labute approximate surface area is 278 Å². The van der Waals surface area contributed by atoms with Gasteiger partial charge in [-0.15, -0.1) is 0 Å². The fourth-order valence-corrected chi connectivity index (χ4v) is 7.58. The van der Waals surface area contributed by atoms with Crippen LogP contribution in [-0.2, 0) is 11.2 Å². The van der Waals surface area contributed by atoms with Gasteiger partial charge in [-0.05, 0) is 55.0 Å². The monoisotopic (exact) mass is 656 g/mol. The maximum atomic E-state index is 12.0. The average molecular weight is 657 g/mol. The smallest absolute Gasteiger partial charge is 0.407 e. The molecule has 3 aromatic carbocycles. The maximum Gasteiger partial charge on any atom is 0.407 e. The van der Waals surface area contributed by atoms with Crippen LogP contribution in [0.25, 0.3) is 32.8 Å². The summed E-state index contributed by atoms with van der Waals surface area (Å²) >= 11 is 6.81. The van der Waals surface area contributed by atoms with Crippen LogP contribution in [0.3, 0.4) is 0 Å². The molecule has 2 fully saturated rings. The fourth-order valence-electron chi connectivity index (χ4n) is 7.29. The molecule has 0 spiro atoms. The van der Waals surface area contributed by atoms with Gasteiger partial charge in [-0.2, -0.15) is 15.2 Å². The van der Waals surface area contributed by atoms with E-state index in [2.05, 4.69) is 42.3 Å². The Balaban J connectivity index is 1.39. The Morgan fingerprint density at radius 3 is 2.72 bits per heavy atom. The van der Waals surface area contributed by atoms with E-state index in [9.17, 15) is 15.2 Å². The van der Waals surface area contributed by atoms with E-state index in [0.717, 1.165) is 64.4 Å². The van der Waals surface area contributed by atoms with Crippen molar-refractivity contribution in [1.82, 2.24) is 19.8 Å². The minimum Gasteiger partial charge on any atom is -0.492 e. The molecule has 0 bridgehead atoms. The van der Waals surface area contributed by atoms with Crippen LogP contribution in [0.15, 0.2) is 42.5 Å². The van der Waals surface area contributed by atoms with E-state index in [0.29, 0.717) is 42.7 Å². The molecule has 4 heterocycles. The van der Waals surface area contributed by atoms with Crippen molar-refractivity contribution < 1.29 is 24.1 Å². The summed E-state index contributed by atoms with van der Waals surface area (Å²) in [5.74, 6) is 1.35. The maximum absolute atomic E-state index is 12.0. The highest BCUT2D eigenvalue weighted by atomic mass is 35.5. The Morgan fingerprint density at radius 1 is 1.13 bits per heavy atom. The van der Waals surface area contributed by atoms with Crippen molar-refractivity contribution in [2.75, 3.05) is 58.5 Å². The average Bonchev–Trinajstić information content (AvgIpc) is 3.45. The molecule has 1 amide bonds. The van der Waals surface area contributed by atoms with Crippen LogP contribution in [0.5, 0.6) is 11.8 Å². The number of piperazine rings is 1. The van der Waals surface area contributed by atoms with Crippen molar-refractivity contribution in [3.8, 4) is 29.0 Å². The molecule has 1 aromatic heterocycles. The number of likely N-dealkylation sites (tertiary alicyclic amines) is 1. The first-order valence-corrected chi connectivity index (χ1v) is 16.4. The molecule has 0 unspecified atom stereocenters. The quantitative estimate of drug-likeness (QED) is 0.268. The van der Waals surface area contributed by atoms with E-state index in [4.69, 9.17) is 35.8 Å². The number of aromatic nitrogens is 2. The van der Waals surface area contributed by atoms with Gasteiger partial charge < -0.3 is 29.1 Å². The van der Waals surface area contributed by atoms with Crippen LogP contribution in [0, 0.1) is 11.3 Å². The van der Waals surface area contributed by atoms with Crippen molar-refractivity contribution in [3.05, 3.63) is 53.1 Å². The third-order valence-electron chi connectivity index (χ3n) is 9.71. The standard InChI is InChI=1S/C35H37ClN6O5/c1-40-19-24(45-2)16-23(40)20-47-34-38-29-17-27(25-8-3-6-21-7-4-10-28(36)30(21)25)26-9-5-15-46-32(26)31(29)33(39-34)41-13-14-42(35(43)44)22(18-41)11-12-37/h3-4,6-8,10,17,22-24H,5,9,11,13-16,18-20H2,1-2H3,(H,43,44)/t22-,23+,24+/m0/s1. The number of fused-ring (bicyclic) bond motifs is 4. The van der Waals surface area contributed by atoms with Gasteiger partial charge in [-0.3, -0.25) is 4.90 Å². The topological polar surface area (TPSA) is 124 Å². The molecule has 0 saturated carbocycles. The third-order valence-corrected chi connectivity index (χ3v) is 10.0. The van der Waals surface area contributed by atoms with Gasteiger partial charge in [0.15, 0.2) is 0 Å². The number of hydrogen-bond acceptors (Lipinski definition) is 9. The van der Waals surface area contributed by atoms with Crippen molar-refractivity contribution in [1.29, 1.82) is 5.26 Å². The highest BCUT2D eigenvalue weighted by Gasteiger charge is 2.35. The number of likely N-dealkylation sites (N-methyl/N-ethyl adjacent to an activating group) is 1. The normalized spacial score (nSPS) is 21.4.